The summed E-state index contributed by atoms with van der Waals surface area (Å²) in [4.78, 5) is 12.6. The highest BCUT2D eigenvalue weighted by Gasteiger charge is 2.17. The highest BCUT2D eigenvalue weighted by Crippen LogP contribution is 2.23. The number of hydrogen-bond acceptors (Lipinski definition) is 2. The molecule has 0 fully saturated rings. The van der Waals surface area contributed by atoms with E-state index < -0.39 is 0 Å². The number of benzene rings is 1. The number of rotatable bonds is 2. The van der Waals surface area contributed by atoms with E-state index in [0.717, 1.165) is 0 Å². The van der Waals surface area contributed by atoms with Gasteiger partial charge >= 0.3 is 5.56 Å². The maximum Gasteiger partial charge on any atom is 0.322 e. The van der Waals surface area contributed by atoms with Crippen molar-refractivity contribution in [2.45, 2.75) is 13.5 Å². The summed E-state index contributed by atoms with van der Waals surface area (Å²) in [6, 6.07) is 12.7. The van der Waals surface area contributed by atoms with Gasteiger partial charge in [0.05, 0.1) is 5.52 Å². The van der Waals surface area contributed by atoms with Gasteiger partial charge in [-0.2, -0.15) is 4.57 Å². The Morgan fingerprint density at radius 2 is 1.80 bits per heavy atom. The maximum atomic E-state index is 12.6. The smallest absolute Gasteiger partial charge is 0.322 e. The number of aryl methyl sites for hydroxylation is 1. The Hall–Kier alpha value is -2.62. The monoisotopic (exact) mass is 266 g/mol. The largest absolute Gasteiger partial charge is 0.867 e. The second kappa shape index (κ2) is 4.81. The van der Waals surface area contributed by atoms with Gasteiger partial charge in [0.15, 0.2) is 12.4 Å². The number of hydrogen-bond donors (Lipinski definition) is 0. The molecule has 1 aromatic carbocycles. The Morgan fingerprint density at radius 1 is 1.10 bits per heavy atom. The van der Waals surface area contributed by atoms with E-state index in [4.69, 9.17) is 0 Å². The predicted octanol–water partition coefficient (Wildman–Crippen LogP) is 1.37. The molecular weight excluding hydrogens is 252 g/mol. The summed E-state index contributed by atoms with van der Waals surface area (Å²) in [5, 5.41) is 13.2. The predicted molar refractivity (Wildman–Crippen MR) is 74.9 cm³/mol. The number of nitrogens with zero attached hydrogens (tertiary/aromatic N) is 2. The molecule has 0 amide bonds. The quantitative estimate of drug-likeness (QED) is 0.658. The second-order valence-corrected chi connectivity index (χ2v) is 4.53. The van der Waals surface area contributed by atoms with Crippen molar-refractivity contribution in [2.75, 3.05) is 0 Å². The first-order valence-electron chi connectivity index (χ1n) is 6.53. The number of aromatic nitrogens is 2. The summed E-state index contributed by atoms with van der Waals surface area (Å²) in [5.74, 6) is -0.230. The molecule has 0 spiro atoms. The van der Waals surface area contributed by atoms with Crippen LogP contribution in [0.4, 0.5) is 0 Å². The van der Waals surface area contributed by atoms with Gasteiger partial charge in [-0.05, 0) is 24.1 Å². The fourth-order valence-corrected chi connectivity index (χ4v) is 2.45. The van der Waals surface area contributed by atoms with E-state index in [2.05, 4.69) is 0 Å². The molecule has 0 aliphatic heterocycles. The van der Waals surface area contributed by atoms with E-state index in [1.807, 2.05) is 25.1 Å². The Morgan fingerprint density at radius 3 is 2.50 bits per heavy atom. The van der Waals surface area contributed by atoms with Crippen LogP contribution in [0, 0.1) is 0 Å². The van der Waals surface area contributed by atoms with Crippen LogP contribution in [0.2, 0.25) is 0 Å². The summed E-state index contributed by atoms with van der Waals surface area (Å²) in [6.07, 6.45) is 3.43. The van der Waals surface area contributed by atoms with Crippen molar-refractivity contribution in [3.63, 3.8) is 0 Å². The molecule has 0 bridgehead atoms. The zero-order valence-corrected chi connectivity index (χ0v) is 11.1. The first kappa shape index (κ1) is 12.4. The molecule has 3 rings (SSSR count). The Balaban J connectivity index is 2.48. The minimum absolute atomic E-state index is 0.172. The van der Waals surface area contributed by atoms with Crippen molar-refractivity contribution in [3.8, 4) is 11.4 Å². The fraction of sp³-hybridized carbons (Fsp3) is 0.125. The summed E-state index contributed by atoms with van der Waals surface area (Å²) < 4.78 is 3.22. The van der Waals surface area contributed by atoms with Crippen LogP contribution in [-0.2, 0) is 6.54 Å². The van der Waals surface area contributed by atoms with Crippen molar-refractivity contribution in [3.05, 3.63) is 65.2 Å². The van der Waals surface area contributed by atoms with E-state index in [1.165, 1.54) is 0 Å². The third kappa shape index (κ3) is 1.77. The average molecular weight is 266 g/mol. The van der Waals surface area contributed by atoms with Crippen molar-refractivity contribution >= 4 is 10.9 Å². The van der Waals surface area contributed by atoms with Crippen LogP contribution in [0.5, 0.6) is 5.75 Å². The van der Waals surface area contributed by atoms with Gasteiger partial charge in [-0.1, -0.05) is 24.3 Å². The molecule has 0 aliphatic carbocycles. The standard InChI is InChI=1S/C16H14N2O2/c1-2-18-13-9-5-4-8-12(13)15(19)14(16(18)20)17-10-6-3-7-11-17/h3-11H,2H2,1H3. The lowest BCUT2D eigenvalue weighted by molar-refractivity contribution is -0.601. The Labute approximate surface area is 116 Å². The van der Waals surface area contributed by atoms with Gasteiger partial charge in [0.25, 0.3) is 5.69 Å². The van der Waals surface area contributed by atoms with Crippen molar-refractivity contribution in [1.82, 2.24) is 4.57 Å². The lowest BCUT2D eigenvalue weighted by atomic mass is 10.1. The molecule has 0 N–H and O–H groups in total. The van der Waals surface area contributed by atoms with Crippen LogP contribution >= 0.6 is 0 Å². The second-order valence-electron chi connectivity index (χ2n) is 4.53. The summed E-state index contributed by atoms with van der Waals surface area (Å²) in [7, 11) is 0. The molecule has 0 unspecified atom stereocenters. The summed E-state index contributed by atoms with van der Waals surface area (Å²) in [5.41, 5.74) is 0.601. The van der Waals surface area contributed by atoms with E-state index in [-0.39, 0.29) is 17.0 Å². The van der Waals surface area contributed by atoms with Gasteiger partial charge in [-0.25, -0.2) is 0 Å². The lowest BCUT2D eigenvalue weighted by Gasteiger charge is -2.16. The molecule has 2 heterocycles. The first-order valence-corrected chi connectivity index (χ1v) is 6.53. The van der Waals surface area contributed by atoms with Crippen LogP contribution in [0.15, 0.2) is 59.7 Å². The van der Waals surface area contributed by atoms with Gasteiger partial charge < -0.3 is 9.67 Å². The molecule has 0 radical (unpaired) electrons. The zero-order chi connectivity index (χ0) is 14.1. The van der Waals surface area contributed by atoms with Gasteiger partial charge in [-0.3, -0.25) is 4.79 Å². The van der Waals surface area contributed by atoms with Gasteiger partial charge in [0, 0.05) is 18.7 Å². The van der Waals surface area contributed by atoms with E-state index in [1.54, 1.807) is 45.8 Å². The van der Waals surface area contributed by atoms with Crippen LogP contribution in [-0.4, -0.2) is 4.57 Å². The first-order chi connectivity index (χ1) is 9.74. The SMILES string of the molecule is CCn1c(=O)c(-[n+]2ccccc2)c([O-])c2ccccc21. The molecule has 3 aromatic rings. The van der Waals surface area contributed by atoms with Gasteiger partial charge in [0.1, 0.15) is 0 Å². The molecular formula is C16H14N2O2. The minimum atomic E-state index is -0.257. The summed E-state index contributed by atoms with van der Waals surface area (Å²) in [6.45, 7) is 2.43. The average Bonchev–Trinajstić information content (AvgIpc) is 2.49. The van der Waals surface area contributed by atoms with Crippen LogP contribution in [0.1, 0.15) is 6.92 Å². The Kier molecular flexibility index (Phi) is 2.99. The topological polar surface area (TPSA) is 48.9 Å². The van der Waals surface area contributed by atoms with Crippen molar-refractivity contribution < 1.29 is 9.67 Å². The lowest BCUT2D eigenvalue weighted by Crippen LogP contribution is -2.40. The van der Waals surface area contributed by atoms with Crippen molar-refractivity contribution in [2.24, 2.45) is 0 Å². The summed E-state index contributed by atoms with van der Waals surface area (Å²) >= 11 is 0. The molecule has 20 heavy (non-hydrogen) atoms. The zero-order valence-electron chi connectivity index (χ0n) is 11.1. The van der Waals surface area contributed by atoms with Crippen LogP contribution < -0.4 is 15.2 Å². The van der Waals surface area contributed by atoms with Crippen molar-refractivity contribution in [1.29, 1.82) is 0 Å². The number of pyridine rings is 2. The van der Waals surface area contributed by atoms with E-state index in [0.29, 0.717) is 17.4 Å². The molecule has 4 heteroatoms. The highest BCUT2D eigenvalue weighted by molar-refractivity contribution is 5.87. The van der Waals surface area contributed by atoms with Crippen LogP contribution in [0.3, 0.4) is 0 Å². The van der Waals surface area contributed by atoms with Crippen LogP contribution in [0.25, 0.3) is 16.6 Å². The molecule has 0 aliphatic rings. The molecule has 0 saturated heterocycles. The highest BCUT2D eigenvalue weighted by atomic mass is 16.3. The minimum Gasteiger partial charge on any atom is -0.867 e. The van der Waals surface area contributed by atoms with E-state index in [9.17, 15) is 9.90 Å². The normalized spacial score (nSPS) is 10.8. The van der Waals surface area contributed by atoms with Gasteiger partial charge in [-0.15, -0.1) is 0 Å². The fourth-order valence-electron chi connectivity index (χ4n) is 2.45. The molecule has 0 atom stereocenters. The van der Waals surface area contributed by atoms with E-state index >= 15 is 0 Å². The number of fused-ring (bicyclic) bond motifs is 1. The maximum absolute atomic E-state index is 12.6. The molecule has 4 nitrogen and oxygen atoms in total. The molecule has 2 aromatic heterocycles. The molecule has 100 valence electrons. The third-order valence-electron chi connectivity index (χ3n) is 3.39. The third-order valence-corrected chi connectivity index (χ3v) is 3.39. The Bertz CT molecular complexity index is 823. The number of para-hydroxylation sites is 1. The molecule has 0 saturated carbocycles. The van der Waals surface area contributed by atoms with Gasteiger partial charge in [0.2, 0.25) is 0 Å².